The third kappa shape index (κ3) is 4.09. The van der Waals surface area contributed by atoms with E-state index in [1.165, 1.54) is 23.7 Å². The van der Waals surface area contributed by atoms with Gasteiger partial charge in [-0.15, -0.1) is 0 Å². The van der Waals surface area contributed by atoms with Crippen molar-refractivity contribution in [1.29, 1.82) is 0 Å². The molecule has 0 aliphatic heterocycles. The van der Waals surface area contributed by atoms with Crippen LogP contribution in [0.4, 0.5) is 4.39 Å². The maximum absolute atomic E-state index is 14.0. The fourth-order valence-electron chi connectivity index (χ4n) is 3.03. The number of Topliss-reactive ketones (excluding diaryl/α,β-unsaturated/α-hetero) is 1. The molecule has 154 valence electrons. The molecular formula is C22H19FN2O4S. The van der Waals surface area contributed by atoms with Crippen molar-refractivity contribution in [3.63, 3.8) is 0 Å². The first-order valence-electron chi connectivity index (χ1n) is 9.44. The Morgan fingerprint density at radius 3 is 2.57 bits per heavy atom. The van der Waals surface area contributed by atoms with E-state index in [0.29, 0.717) is 22.7 Å². The van der Waals surface area contributed by atoms with E-state index in [1.807, 2.05) is 13.8 Å². The third-order valence-electron chi connectivity index (χ3n) is 4.91. The second kappa shape index (κ2) is 7.60. The number of ether oxygens (including phenoxy) is 1. The number of hydrogen-bond donors (Lipinski definition) is 1. The number of carboxylic acids is 1. The SMILES string of the molecule is CC(C)(Oc1ccc(C(=O)C2CC2)nc1)c1cc(-c2ccc(C(=O)O)c(F)c2)ns1. The maximum atomic E-state index is 14.0. The molecule has 1 aromatic carbocycles. The first kappa shape index (κ1) is 20.2. The normalized spacial score (nSPS) is 13.8. The lowest BCUT2D eigenvalue weighted by molar-refractivity contribution is 0.0691. The zero-order valence-electron chi connectivity index (χ0n) is 16.4. The lowest BCUT2D eigenvalue weighted by Crippen LogP contribution is -2.24. The van der Waals surface area contributed by atoms with E-state index >= 15 is 0 Å². The van der Waals surface area contributed by atoms with Gasteiger partial charge in [0.1, 0.15) is 22.9 Å². The van der Waals surface area contributed by atoms with Crippen LogP contribution in [0.3, 0.4) is 0 Å². The Morgan fingerprint density at radius 1 is 1.20 bits per heavy atom. The molecule has 0 unspecified atom stereocenters. The molecule has 1 aliphatic rings. The Kier molecular flexibility index (Phi) is 5.11. The summed E-state index contributed by atoms with van der Waals surface area (Å²) in [6.07, 6.45) is 3.41. The van der Waals surface area contributed by atoms with Crippen molar-refractivity contribution in [1.82, 2.24) is 9.36 Å². The molecule has 0 amide bonds. The van der Waals surface area contributed by atoms with Gasteiger partial charge in [-0.3, -0.25) is 4.79 Å². The summed E-state index contributed by atoms with van der Waals surface area (Å²) in [7, 11) is 0. The number of carbonyl (C=O) groups excluding carboxylic acids is 1. The van der Waals surface area contributed by atoms with Gasteiger partial charge >= 0.3 is 5.97 Å². The zero-order chi connectivity index (χ0) is 21.5. The van der Waals surface area contributed by atoms with E-state index in [4.69, 9.17) is 9.84 Å². The Morgan fingerprint density at radius 2 is 1.97 bits per heavy atom. The molecule has 4 rings (SSSR count). The van der Waals surface area contributed by atoms with Gasteiger partial charge in [-0.05, 0) is 68.6 Å². The first-order valence-corrected chi connectivity index (χ1v) is 10.2. The molecule has 1 aliphatic carbocycles. The van der Waals surface area contributed by atoms with Crippen LogP contribution in [-0.2, 0) is 5.60 Å². The summed E-state index contributed by atoms with van der Waals surface area (Å²) >= 11 is 1.22. The highest BCUT2D eigenvalue weighted by Gasteiger charge is 2.31. The van der Waals surface area contributed by atoms with Gasteiger partial charge < -0.3 is 9.84 Å². The number of aromatic carboxylic acids is 1. The molecule has 0 bridgehead atoms. The molecule has 8 heteroatoms. The Hall–Kier alpha value is -3.13. The van der Waals surface area contributed by atoms with Crippen LogP contribution >= 0.6 is 11.5 Å². The summed E-state index contributed by atoms with van der Waals surface area (Å²) in [5.41, 5.74) is 0.356. The van der Waals surface area contributed by atoms with Gasteiger partial charge in [0.15, 0.2) is 5.78 Å². The number of ketones is 1. The molecule has 1 N–H and O–H groups in total. The van der Waals surface area contributed by atoms with Gasteiger partial charge in [-0.25, -0.2) is 14.2 Å². The average Bonchev–Trinajstić information content (AvgIpc) is 3.42. The van der Waals surface area contributed by atoms with Crippen molar-refractivity contribution < 1.29 is 23.8 Å². The summed E-state index contributed by atoms with van der Waals surface area (Å²) < 4.78 is 24.4. The Labute approximate surface area is 176 Å². The van der Waals surface area contributed by atoms with Gasteiger partial charge in [0, 0.05) is 11.5 Å². The number of pyridine rings is 1. The van der Waals surface area contributed by atoms with E-state index in [1.54, 1.807) is 24.4 Å². The molecule has 2 heterocycles. The number of aromatic nitrogens is 2. The minimum absolute atomic E-state index is 0.0778. The van der Waals surface area contributed by atoms with E-state index < -0.39 is 17.4 Å². The summed E-state index contributed by atoms with van der Waals surface area (Å²) in [4.78, 5) is 28.1. The van der Waals surface area contributed by atoms with Crippen molar-refractivity contribution in [3.05, 3.63) is 64.5 Å². The number of carbonyl (C=O) groups is 2. The van der Waals surface area contributed by atoms with Crippen LogP contribution in [0.25, 0.3) is 11.3 Å². The monoisotopic (exact) mass is 426 g/mol. The first-order chi connectivity index (χ1) is 14.2. The Bertz CT molecular complexity index is 1120. The number of hydrogen-bond acceptors (Lipinski definition) is 6. The lowest BCUT2D eigenvalue weighted by atomic mass is 10.0. The quantitative estimate of drug-likeness (QED) is 0.538. The van der Waals surface area contributed by atoms with Crippen LogP contribution in [0.2, 0.25) is 0 Å². The number of rotatable bonds is 7. The van der Waals surface area contributed by atoms with Crippen LogP contribution in [0.5, 0.6) is 5.75 Å². The maximum Gasteiger partial charge on any atom is 0.338 e. The van der Waals surface area contributed by atoms with Gasteiger partial charge in [-0.2, -0.15) is 4.37 Å². The fraction of sp³-hybridized carbons (Fsp3) is 0.273. The summed E-state index contributed by atoms with van der Waals surface area (Å²) in [6, 6.07) is 9.11. The molecule has 2 aromatic heterocycles. The van der Waals surface area contributed by atoms with Crippen molar-refractivity contribution in [2.45, 2.75) is 32.3 Å². The van der Waals surface area contributed by atoms with Crippen molar-refractivity contribution in [3.8, 4) is 17.0 Å². The average molecular weight is 426 g/mol. The summed E-state index contributed by atoms with van der Waals surface area (Å²) in [5.74, 6) is -1.40. The second-order valence-corrected chi connectivity index (χ2v) is 8.51. The molecule has 0 atom stereocenters. The van der Waals surface area contributed by atoms with Crippen LogP contribution < -0.4 is 4.74 Å². The third-order valence-corrected chi connectivity index (χ3v) is 6.00. The smallest absolute Gasteiger partial charge is 0.338 e. The van der Waals surface area contributed by atoms with E-state index in [-0.39, 0.29) is 17.3 Å². The number of nitrogens with zero attached hydrogens (tertiary/aromatic N) is 2. The second-order valence-electron chi connectivity index (χ2n) is 7.71. The van der Waals surface area contributed by atoms with Gasteiger partial charge in [0.2, 0.25) is 0 Å². The summed E-state index contributed by atoms with van der Waals surface area (Å²) in [6.45, 7) is 3.75. The van der Waals surface area contributed by atoms with Crippen molar-refractivity contribution in [2.24, 2.45) is 5.92 Å². The highest BCUT2D eigenvalue weighted by molar-refractivity contribution is 7.06. The van der Waals surface area contributed by atoms with Crippen LogP contribution in [0.1, 0.15) is 52.4 Å². The number of carboxylic acid groups (broad SMARTS) is 1. The fourth-order valence-corrected chi connectivity index (χ4v) is 3.81. The van der Waals surface area contributed by atoms with Gasteiger partial charge in [-0.1, -0.05) is 6.07 Å². The molecule has 0 saturated heterocycles. The molecule has 0 radical (unpaired) electrons. The molecule has 30 heavy (non-hydrogen) atoms. The molecule has 3 aromatic rings. The van der Waals surface area contributed by atoms with Crippen LogP contribution in [0, 0.1) is 11.7 Å². The zero-order valence-corrected chi connectivity index (χ0v) is 17.2. The molecular weight excluding hydrogens is 407 g/mol. The Balaban J connectivity index is 1.51. The highest BCUT2D eigenvalue weighted by atomic mass is 32.1. The van der Waals surface area contributed by atoms with Crippen LogP contribution in [-0.4, -0.2) is 26.2 Å². The van der Waals surface area contributed by atoms with Gasteiger partial charge in [0.05, 0.1) is 22.3 Å². The lowest BCUT2D eigenvalue weighted by Gasteiger charge is -2.24. The predicted octanol–water partition coefficient (Wildman–Crippen LogP) is 4.95. The number of halogens is 1. The minimum atomic E-state index is -1.31. The van der Waals surface area contributed by atoms with E-state index in [9.17, 15) is 14.0 Å². The number of benzene rings is 1. The van der Waals surface area contributed by atoms with Crippen molar-refractivity contribution >= 4 is 23.3 Å². The topological polar surface area (TPSA) is 89.4 Å². The molecule has 0 spiro atoms. The standard InChI is InChI=1S/C22H19FN2O4S/c1-22(2,29-14-6-8-17(24-11-14)20(26)12-3-4-12)19-10-18(25-30-19)13-5-7-15(21(27)28)16(23)9-13/h5-12H,3-4H2,1-2H3,(H,27,28). The molecule has 6 nitrogen and oxygen atoms in total. The predicted molar refractivity (Wildman–Crippen MR) is 109 cm³/mol. The van der Waals surface area contributed by atoms with Crippen LogP contribution in [0.15, 0.2) is 42.6 Å². The summed E-state index contributed by atoms with van der Waals surface area (Å²) in [5, 5.41) is 8.96. The largest absolute Gasteiger partial charge is 0.481 e. The minimum Gasteiger partial charge on any atom is -0.481 e. The van der Waals surface area contributed by atoms with E-state index in [0.717, 1.165) is 23.8 Å². The highest BCUT2D eigenvalue weighted by Crippen LogP contribution is 2.35. The molecule has 1 saturated carbocycles. The molecule has 1 fully saturated rings. The van der Waals surface area contributed by atoms with Gasteiger partial charge in [0.25, 0.3) is 0 Å². The van der Waals surface area contributed by atoms with E-state index in [2.05, 4.69) is 9.36 Å². The van der Waals surface area contributed by atoms with Crippen molar-refractivity contribution in [2.75, 3.05) is 0 Å².